The number of morpholine rings is 1. The lowest BCUT2D eigenvalue weighted by Gasteiger charge is -2.36. The summed E-state index contributed by atoms with van der Waals surface area (Å²) in [5.41, 5.74) is 3.26. The number of hydrogen-bond acceptors (Lipinski definition) is 6. The molecule has 3 aromatic rings. The van der Waals surface area contributed by atoms with Crippen LogP contribution >= 0.6 is 0 Å². The summed E-state index contributed by atoms with van der Waals surface area (Å²) >= 11 is 0. The van der Waals surface area contributed by atoms with E-state index in [1.807, 2.05) is 24.3 Å². The van der Waals surface area contributed by atoms with E-state index in [1.165, 1.54) is 0 Å². The van der Waals surface area contributed by atoms with Gasteiger partial charge in [0.25, 0.3) is 5.91 Å². The fraction of sp³-hybridized carbons (Fsp3) is 0.435. The summed E-state index contributed by atoms with van der Waals surface area (Å²) in [6, 6.07) is 9.37. The van der Waals surface area contributed by atoms with Gasteiger partial charge in [0.15, 0.2) is 5.58 Å². The molecule has 1 amide bonds. The highest BCUT2D eigenvalue weighted by molar-refractivity contribution is 5.94. The number of pyridine rings is 1. The third-order valence-corrected chi connectivity index (χ3v) is 6.06. The molecule has 0 bridgehead atoms. The van der Waals surface area contributed by atoms with Gasteiger partial charge in [0, 0.05) is 30.5 Å². The topological polar surface area (TPSA) is 100 Å². The SMILES string of the molecule is C[C@@H]1CN(c2ccnc(C(=O)NC3(Cc4cccc5oc(=O)[nH]c45)CC3)c2)C[C@H](C)O1. The first-order valence-corrected chi connectivity index (χ1v) is 10.7. The molecule has 162 valence electrons. The van der Waals surface area contributed by atoms with E-state index in [9.17, 15) is 9.59 Å². The van der Waals surface area contributed by atoms with Crippen molar-refractivity contribution in [1.29, 1.82) is 0 Å². The summed E-state index contributed by atoms with van der Waals surface area (Å²) in [6.45, 7) is 5.68. The van der Waals surface area contributed by atoms with Crippen LogP contribution in [0.2, 0.25) is 0 Å². The summed E-state index contributed by atoms with van der Waals surface area (Å²) in [6.07, 6.45) is 4.36. The third-order valence-electron chi connectivity index (χ3n) is 6.06. The number of para-hydroxylation sites is 1. The number of rotatable bonds is 5. The molecule has 2 N–H and O–H groups in total. The van der Waals surface area contributed by atoms with Crippen LogP contribution in [0.4, 0.5) is 5.69 Å². The molecule has 2 fully saturated rings. The maximum atomic E-state index is 13.0. The van der Waals surface area contributed by atoms with Gasteiger partial charge in [-0.15, -0.1) is 0 Å². The van der Waals surface area contributed by atoms with E-state index in [0.717, 1.165) is 37.2 Å². The average Bonchev–Trinajstić information content (AvgIpc) is 3.36. The molecular weight excluding hydrogens is 396 g/mol. The maximum absolute atomic E-state index is 13.0. The molecule has 1 aromatic carbocycles. The number of benzene rings is 1. The number of hydrogen-bond donors (Lipinski definition) is 2. The Morgan fingerprint density at radius 2 is 2.03 bits per heavy atom. The number of fused-ring (bicyclic) bond motifs is 1. The number of aromatic nitrogens is 2. The standard InChI is InChI=1S/C23H26N4O4/c1-14-12-27(13-15(2)30-14)17-6-9-24-18(10-17)21(28)26-23(7-8-23)11-16-4-3-5-19-20(16)25-22(29)31-19/h3-6,9-10,14-15H,7-8,11-13H2,1-2H3,(H,25,29)(H,26,28)/t14-,15+. The predicted octanol–water partition coefficient (Wildman–Crippen LogP) is 2.63. The zero-order chi connectivity index (χ0) is 21.6. The molecule has 2 atom stereocenters. The number of nitrogens with one attached hydrogen (secondary N) is 2. The number of carbonyl (C=O) groups is 1. The monoisotopic (exact) mass is 422 g/mol. The number of amides is 1. The molecular formula is C23H26N4O4. The van der Waals surface area contributed by atoms with Crippen molar-refractivity contribution in [2.45, 2.75) is 50.9 Å². The molecule has 0 radical (unpaired) electrons. The minimum atomic E-state index is -0.468. The van der Waals surface area contributed by atoms with Gasteiger partial charge in [0.05, 0.1) is 17.7 Å². The third kappa shape index (κ3) is 4.07. The minimum Gasteiger partial charge on any atom is -0.408 e. The van der Waals surface area contributed by atoms with Crippen molar-refractivity contribution in [3.05, 3.63) is 58.3 Å². The molecule has 2 aliphatic rings. The first kappa shape index (κ1) is 19.8. The van der Waals surface area contributed by atoms with Crippen molar-refractivity contribution in [3.63, 3.8) is 0 Å². The molecule has 8 nitrogen and oxygen atoms in total. The van der Waals surface area contributed by atoms with Crippen molar-refractivity contribution in [2.24, 2.45) is 0 Å². The van der Waals surface area contributed by atoms with Gasteiger partial charge in [-0.2, -0.15) is 0 Å². The van der Waals surface area contributed by atoms with Crippen molar-refractivity contribution >= 4 is 22.7 Å². The van der Waals surface area contributed by atoms with Gasteiger partial charge < -0.3 is 19.4 Å². The van der Waals surface area contributed by atoms with Gasteiger partial charge in [-0.05, 0) is 56.9 Å². The van der Waals surface area contributed by atoms with Crippen LogP contribution in [-0.4, -0.2) is 46.7 Å². The fourth-order valence-electron chi connectivity index (χ4n) is 4.47. The summed E-state index contributed by atoms with van der Waals surface area (Å²) in [5.74, 6) is -0.648. The molecule has 5 rings (SSSR count). The molecule has 3 heterocycles. The van der Waals surface area contributed by atoms with E-state index in [1.54, 1.807) is 12.3 Å². The zero-order valence-electron chi connectivity index (χ0n) is 17.7. The highest BCUT2D eigenvalue weighted by Crippen LogP contribution is 2.40. The predicted molar refractivity (Wildman–Crippen MR) is 116 cm³/mol. The van der Waals surface area contributed by atoms with E-state index in [0.29, 0.717) is 23.2 Å². The Hall–Kier alpha value is -3.13. The lowest BCUT2D eigenvalue weighted by Crippen LogP contribution is -2.45. The van der Waals surface area contributed by atoms with Crippen LogP contribution in [0, 0.1) is 0 Å². The number of oxazole rings is 1. The van der Waals surface area contributed by atoms with Gasteiger partial charge in [-0.25, -0.2) is 4.79 Å². The Bertz CT molecular complexity index is 1170. The van der Waals surface area contributed by atoms with E-state index < -0.39 is 5.76 Å². The molecule has 1 aliphatic carbocycles. The van der Waals surface area contributed by atoms with E-state index in [4.69, 9.17) is 9.15 Å². The Morgan fingerprint density at radius 3 is 2.77 bits per heavy atom. The molecule has 1 saturated carbocycles. The molecule has 1 aliphatic heterocycles. The molecule has 31 heavy (non-hydrogen) atoms. The van der Waals surface area contributed by atoms with E-state index in [2.05, 4.69) is 34.0 Å². The first-order chi connectivity index (χ1) is 14.9. The van der Waals surface area contributed by atoms with Crippen molar-refractivity contribution in [1.82, 2.24) is 15.3 Å². The van der Waals surface area contributed by atoms with Gasteiger partial charge in [-0.3, -0.25) is 14.8 Å². The van der Waals surface area contributed by atoms with E-state index in [-0.39, 0.29) is 23.7 Å². The van der Waals surface area contributed by atoms with Crippen molar-refractivity contribution in [3.8, 4) is 0 Å². The summed E-state index contributed by atoms with van der Waals surface area (Å²) in [4.78, 5) is 33.9. The Balaban J connectivity index is 1.32. The number of H-pyrrole nitrogens is 1. The number of anilines is 1. The molecule has 1 saturated heterocycles. The Morgan fingerprint density at radius 1 is 1.26 bits per heavy atom. The number of nitrogens with zero attached hydrogens (tertiary/aromatic N) is 2. The lowest BCUT2D eigenvalue weighted by molar-refractivity contribution is -0.00522. The number of aromatic amines is 1. The minimum absolute atomic E-state index is 0.140. The summed E-state index contributed by atoms with van der Waals surface area (Å²) in [5, 5.41) is 3.18. The average molecular weight is 422 g/mol. The second kappa shape index (κ2) is 7.53. The van der Waals surface area contributed by atoms with Crippen LogP contribution in [0.5, 0.6) is 0 Å². The van der Waals surface area contributed by atoms with Gasteiger partial charge >= 0.3 is 5.76 Å². The highest BCUT2D eigenvalue weighted by atomic mass is 16.5. The van der Waals surface area contributed by atoms with Crippen LogP contribution in [0.25, 0.3) is 11.1 Å². The largest absolute Gasteiger partial charge is 0.417 e. The van der Waals surface area contributed by atoms with Crippen molar-refractivity contribution < 1.29 is 13.9 Å². The number of carbonyl (C=O) groups excluding carboxylic acids is 1. The van der Waals surface area contributed by atoms with E-state index >= 15 is 0 Å². The van der Waals surface area contributed by atoms with Crippen LogP contribution < -0.4 is 16.0 Å². The quantitative estimate of drug-likeness (QED) is 0.656. The lowest BCUT2D eigenvalue weighted by atomic mass is 10.0. The van der Waals surface area contributed by atoms with Crippen LogP contribution in [0.3, 0.4) is 0 Å². The molecule has 0 unspecified atom stereocenters. The normalized spacial score (nSPS) is 22.5. The Labute approximate surface area is 179 Å². The highest BCUT2D eigenvalue weighted by Gasteiger charge is 2.44. The Kier molecular flexibility index (Phi) is 4.81. The zero-order valence-corrected chi connectivity index (χ0v) is 17.7. The molecule has 2 aromatic heterocycles. The van der Waals surface area contributed by atoms with Crippen LogP contribution in [0.15, 0.2) is 45.7 Å². The second-order valence-corrected chi connectivity index (χ2v) is 8.78. The van der Waals surface area contributed by atoms with Gasteiger partial charge in [0.1, 0.15) is 5.69 Å². The maximum Gasteiger partial charge on any atom is 0.417 e. The van der Waals surface area contributed by atoms with Crippen LogP contribution in [0.1, 0.15) is 42.7 Å². The number of ether oxygens (including phenoxy) is 1. The molecule has 8 heteroatoms. The molecule has 0 spiro atoms. The summed E-state index contributed by atoms with van der Waals surface area (Å²) in [7, 11) is 0. The van der Waals surface area contributed by atoms with Crippen molar-refractivity contribution in [2.75, 3.05) is 18.0 Å². The van der Waals surface area contributed by atoms with Gasteiger partial charge in [0.2, 0.25) is 0 Å². The fourth-order valence-corrected chi connectivity index (χ4v) is 4.47. The first-order valence-electron chi connectivity index (χ1n) is 10.7. The smallest absolute Gasteiger partial charge is 0.408 e. The van der Waals surface area contributed by atoms with Gasteiger partial charge in [-0.1, -0.05) is 12.1 Å². The van der Waals surface area contributed by atoms with Crippen LogP contribution in [-0.2, 0) is 11.2 Å². The second-order valence-electron chi connectivity index (χ2n) is 8.78. The summed E-state index contributed by atoms with van der Waals surface area (Å²) < 4.78 is 11.0.